The van der Waals surface area contributed by atoms with Gasteiger partial charge in [-0.2, -0.15) is 0 Å². The Morgan fingerprint density at radius 3 is 0.333 bits per heavy atom. The molecule has 0 spiro atoms. The average Bonchev–Trinajstić information content (AvgIpc) is 3.06. The Morgan fingerprint density at radius 2 is 0.229 bits per heavy atom. The maximum atomic E-state index is 15.2. The maximum Gasteiger partial charge on any atom is 0.200 e. The van der Waals surface area contributed by atoms with Crippen LogP contribution in [0.2, 0.25) is 0 Å². The van der Waals surface area contributed by atoms with E-state index in [1.165, 1.54) is 0 Å². The van der Waals surface area contributed by atoms with Crippen LogP contribution < -0.4 is 21.2 Å². The molecule has 0 unspecified atom stereocenters. The summed E-state index contributed by atoms with van der Waals surface area (Å²) in [6.45, 7) is 0. The molecular weight excluding hydrogens is 792 g/mol. The topological polar surface area (TPSA) is 0 Å². The van der Waals surface area contributed by atoms with Crippen LogP contribution in [0.3, 0.4) is 0 Å². The Balaban J connectivity index is 2.06. The summed E-state index contributed by atoms with van der Waals surface area (Å²) in [5.41, 5.74) is 0. The molecule has 0 atom stereocenters. The Hall–Kier alpha value is -2.80. The summed E-state index contributed by atoms with van der Waals surface area (Å²) in [6, 6.07) is 0. The third-order valence-electron chi connectivity index (χ3n) is 6.26. The van der Waals surface area contributed by atoms with Crippen molar-refractivity contribution in [1.29, 1.82) is 0 Å². The van der Waals surface area contributed by atoms with E-state index in [4.69, 9.17) is 0 Å². The Morgan fingerprint density at radius 1 is 0.146 bits per heavy atom. The summed E-state index contributed by atoms with van der Waals surface area (Å²) in [7, 11) is -17.6. The van der Waals surface area contributed by atoms with Crippen LogP contribution >= 0.6 is 29.2 Å². The molecule has 1 aliphatic heterocycles. The first-order chi connectivity index (χ1) is 22.2. The Bertz CT molecular complexity index is 1670. The fourth-order valence-electron chi connectivity index (χ4n) is 4.12. The number of hydrogen-bond acceptors (Lipinski definition) is 0. The molecule has 1 aliphatic rings. The summed E-state index contributed by atoms with van der Waals surface area (Å²) in [6.07, 6.45) is 0. The van der Waals surface area contributed by atoms with Gasteiger partial charge in [0.1, 0.15) is 0 Å². The second-order valence-electron chi connectivity index (χ2n) is 8.83. The highest BCUT2D eigenvalue weighted by Gasteiger charge is 2.61. The van der Waals surface area contributed by atoms with Gasteiger partial charge in [0.15, 0.2) is 93.1 Å². The van der Waals surface area contributed by atoms with Gasteiger partial charge in [-0.05, 0) is 0 Å². The molecule has 0 radical (unpaired) electrons. The fraction of sp³-hybridized carbons (Fsp3) is 0. The quantitative estimate of drug-likeness (QED) is 0.0837. The maximum absolute atomic E-state index is 15.2. The largest absolute Gasteiger partial charge is 0.203 e. The number of rotatable bonds is 4. The van der Waals surface area contributed by atoms with Gasteiger partial charge in [0, 0.05) is 29.2 Å². The van der Waals surface area contributed by atoms with Crippen molar-refractivity contribution in [3.8, 4) is 0 Å². The molecule has 1 heterocycles. The standard InChI is InChI=1S/C24F20P4/c25-1-5(29)13(37)21(14(38)6(1)30)45-46(22-15(39)7(31)2(26)8(32)16(22)40)48(24-19(43)11(35)4(28)12(36)20(24)44)47(45)23-17(41)9(33)3(27)10(34)18(23)42. The van der Waals surface area contributed by atoms with Crippen LogP contribution in [0.4, 0.5) is 87.8 Å². The summed E-state index contributed by atoms with van der Waals surface area (Å²) in [4.78, 5) is 0. The molecule has 0 N–H and O–H groups in total. The van der Waals surface area contributed by atoms with Gasteiger partial charge in [-0.15, -0.1) is 0 Å². The van der Waals surface area contributed by atoms with Gasteiger partial charge >= 0.3 is 0 Å². The zero-order valence-electron chi connectivity index (χ0n) is 21.3. The zero-order valence-corrected chi connectivity index (χ0v) is 24.9. The number of benzene rings is 4. The first-order valence-corrected chi connectivity index (χ1v) is 19.7. The van der Waals surface area contributed by atoms with Gasteiger partial charge in [-0.1, -0.05) is 0 Å². The van der Waals surface area contributed by atoms with Crippen LogP contribution in [0.25, 0.3) is 0 Å². The lowest BCUT2D eigenvalue weighted by molar-refractivity contribution is 0.384. The third-order valence-corrected chi connectivity index (χ3v) is 37.9. The molecule has 1 fully saturated rings. The van der Waals surface area contributed by atoms with Gasteiger partial charge < -0.3 is 0 Å². The van der Waals surface area contributed by atoms with E-state index < -0.39 is 167 Å². The van der Waals surface area contributed by atoms with Crippen molar-refractivity contribution < 1.29 is 87.8 Å². The van der Waals surface area contributed by atoms with Crippen molar-refractivity contribution in [3.05, 3.63) is 116 Å². The third kappa shape index (κ3) is 4.91. The molecule has 24 heteroatoms. The van der Waals surface area contributed by atoms with Crippen molar-refractivity contribution in [2.45, 2.75) is 0 Å². The summed E-state index contributed by atoms with van der Waals surface area (Å²) in [5.74, 6) is -60.2. The zero-order chi connectivity index (χ0) is 36.2. The van der Waals surface area contributed by atoms with Gasteiger partial charge in [-0.3, -0.25) is 0 Å². The number of halogens is 20. The molecule has 0 bridgehead atoms. The first-order valence-electron chi connectivity index (χ1n) is 11.5. The van der Waals surface area contributed by atoms with E-state index in [1.54, 1.807) is 0 Å². The van der Waals surface area contributed by atoms with E-state index in [-0.39, 0.29) is 0 Å². The van der Waals surface area contributed by atoms with E-state index in [0.717, 1.165) is 0 Å². The van der Waals surface area contributed by atoms with E-state index in [0.29, 0.717) is 0 Å². The van der Waals surface area contributed by atoms with Crippen LogP contribution in [-0.2, 0) is 0 Å². The highest BCUT2D eigenvalue weighted by atomic mass is 33.0. The van der Waals surface area contributed by atoms with Crippen LogP contribution in [0.1, 0.15) is 0 Å². The number of hydrogen-bond donors (Lipinski definition) is 0. The molecule has 0 amide bonds. The molecule has 0 saturated carbocycles. The van der Waals surface area contributed by atoms with Crippen molar-refractivity contribution >= 4 is 50.4 Å². The minimum atomic E-state index is -4.39. The van der Waals surface area contributed by atoms with Crippen molar-refractivity contribution in [2.24, 2.45) is 0 Å². The molecule has 256 valence electrons. The molecule has 0 nitrogen and oxygen atoms in total. The van der Waals surface area contributed by atoms with Gasteiger partial charge in [-0.25, -0.2) is 87.8 Å². The van der Waals surface area contributed by atoms with Crippen molar-refractivity contribution in [3.63, 3.8) is 0 Å². The van der Waals surface area contributed by atoms with Gasteiger partial charge in [0.25, 0.3) is 0 Å². The van der Waals surface area contributed by atoms with Crippen LogP contribution in [-0.4, -0.2) is 0 Å². The molecular formula is C24F20P4. The molecule has 4 aromatic rings. The average molecular weight is 792 g/mol. The SMILES string of the molecule is Fc1c(F)c(F)c(P2P(c3c(F)c(F)c(F)c(F)c3F)P(c3c(F)c(F)c(F)c(F)c3F)P2c2c(F)c(F)c(F)c(F)c2F)c(F)c1F. The Kier molecular flexibility index (Phi) is 9.51. The predicted molar refractivity (Wildman–Crippen MR) is 131 cm³/mol. The lowest BCUT2D eigenvalue weighted by Crippen LogP contribution is -2.32. The lowest BCUT2D eigenvalue weighted by atomic mass is 10.3. The molecule has 1 saturated heterocycles. The monoisotopic (exact) mass is 792 g/mol. The first kappa shape index (κ1) is 36.5. The van der Waals surface area contributed by atoms with Crippen LogP contribution in [0.15, 0.2) is 0 Å². The van der Waals surface area contributed by atoms with E-state index in [1.807, 2.05) is 0 Å². The summed E-state index contributed by atoms with van der Waals surface area (Å²) < 4.78 is 292. The molecule has 5 rings (SSSR count). The predicted octanol–water partition coefficient (Wildman–Crippen LogP) is 9.67. The second-order valence-corrected chi connectivity index (χ2v) is 26.3. The molecule has 4 aromatic carbocycles. The van der Waals surface area contributed by atoms with Crippen LogP contribution in [0.5, 0.6) is 0 Å². The highest BCUT2D eigenvalue weighted by Crippen LogP contribution is 3.18. The van der Waals surface area contributed by atoms with E-state index in [9.17, 15) is 52.7 Å². The molecule has 0 aromatic heterocycles. The van der Waals surface area contributed by atoms with E-state index in [2.05, 4.69) is 0 Å². The van der Waals surface area contributed by atoms with Crippen molar-refractivity contribution in [2.75, 3.05) is 0 Å². The van der Waals surface area contributed by atoms with Gasteiger partial charge in [0.2, 0.25) is 23.3 Å². The van der Waals surface area contributed by atoms with Crippen molar-refractivity contribution in [1.82, 2.24) is 0 Å². The highest BCUT2D eigenvalue weighted by molar-refractivity contribution is 9.13. The second kappa shape index (κ2) is 12.5. The smallest absolute Gasteiger partial charge is 0.200 e. The van der Waals surface area contributed by atoms with Gasteiger partial charge in [0.05, 0.1) is 21.2 Å². The summed E-state index contributed by atoms with van der Waals surface area (Å²) >= 11 is 0. The molecule has 48 heavy (non-hydrogen) atoms. The minimum Gasteiger partial charge on any atom is -0.203 e. The minimum absolute atomic E-state index is 2.42. The normalized spacial score (nSPS) is 19.2. The lowest BCUT2D eigenvalue weighted by Gasteiger charge is -2.53. The van der Waals surface area contributed by atoms with E-state index >= 15 is 35.1 Å². The molecule has 0 aliphatic carbocycles. The fourth-order valence-corrected chi connectivity index (χ4v) is 41.4. The Labute approximate surface area is 254 Å². The summed E-state index contributed by atoms with van der Waals surface area (Å²) in [5, 5.41) is -9.69. The van der Waals surface area contributed by atoms with Crippen LogP contribution in [0, 0.1) is 116 Å².